The third kappa shape index (κ3) is 5.22. The lowest BCUT2D eigenvalue weighted by atomic mass is 9.97. The van der Waals surface area contributed by atoms with Gasteiger partial charge >= 0.3 is 0 Å². The molecule has 1 unspecified atom stereocenters. The van der Waals surface area contributed by atoms with Gasteiger partial charge < -0.3 is 4.74 Å². The second-order valence-electron chi connectivity index (χ2n) is 5.96. The monoisotopic (exact) mass is 274 g/mol. The predicted octanol–water partition coefficient (Wildman–Crippen LogP) is 3.74. The summed E-state index contributed by atoms with van der Waals surface area (Å²) in [6.07, 6.45) is 1.64. The molecule has 0 fully saturated rings. The Balaban J connectivity index is 2.43. The molecule has 0 saturated carbocycles. The molecule has 0 amide bonds. The Morgan fingerprint density at radius 2 is 2.05 bits per heavy atom. The lowest BCUT2D eigenvalue weighted by Crippen LogP contribution is -2.45. The zero-order valence-electron chi connectivity index (χ0n) is 13.3. The fraction of sp³-hybridized carbons (Fsp3) is 0.588. The average Bonchev–Trinajstić information content (AvgIpc) is 2.36. The van der Waals surface area contributed by atoms with Gasteiger partial charge in [-0.2, -0.15) is 5.26 Å². The Hall–Kier alpha value is -1.53. The predicted molar refractivity (Wildman–Crippen MR) is 82.9 cm³/mol. The molecule has 1 atom stereocenters. The van der Waals surface area contributed by atoms with Crippen LogP contribution in [0.1, 0.15) is 44.7 Å². The van der Waals surface area contributed by atoms with Crippen LogP contribution in [0.4, 0.5) is 0 Å². The molecule has 0 saturated heterocycles. The minimum Gasteiger partial charge on any atom is -0.493 e. The molecule has 1 aromatic rings. The van der Waals surface area contributed by atoms with Gasteiger partial charge in [0.25, 0.3) is 0 Å². The highest BCUT2D eigenvalue weighted by molar-refractivity contribution is 5.35. The van der Waals surface area contributed by atoms with E-state index in [1.165, 1.54) is 5.56 Å². The van der Waals surface area contributed by atoms with Crippen LogP contribution in [0.25, 0.3) is 0 Å². The number of nitriles is 1. The van der Waals surface area contributed by atoms with Gasteiger partial charge in [-0.1, -0.05) is 17.7 Å². The van der Waals surface area contributed by atoms with Crippen LogP contribution >= 0.6 is 0 Å². The van der Waals surface area contributed by atoms with Gasteiger partial charge in [0.05, 0.1) is 12.7 Å². The van der Waals surface area contributed by atoms with E-state index in [0.717, 1.165) is 24.2 Å². The first kappa shape index (κ1) is 16.5. The molecule has 0 radical (unpaired) electrons. The second-order valence-corrected chi connectivity index (χ2v) is 5.96. The minimum atomic E-state index is -0.472. The standard InChI is InChI=1S/C17H26N2O/c1-13(2)19-17(5,12-18)9-6-10-20-16-8-7-14(3)11-15(16)4/h7-8,11,13,19H,6,9-10H2,1-5H3. The highest BCUT2D eigenvalue weighted by Crippen LogP contribution is 2.20. The quantitative estimate of drug-likeness (QED) is 0.770. The molecule has 0 spiro atoms. The number of rotatable bonds is 7. The first-order valence-corrected chi connectivity index (χ1v) is 7.25. The van der Waals surface area contributed by atoms with Crippen molar-refractivity contribution in [2.24, 2.45) is 0 Å². The Labute approximate surface area is 123 Å². The van der Waals surface area contributed by atoms with Gasteiger partial charge in [0.15, 0.2) is 0 Å². The number of aryl methyl sites for hydroxylation is 2. The molecule has 20 heavy (non-hydrogen) atoms. The fourth-order valence-corrected chi connectivity index (χ4v) is 2.37. The summed E-state index contributed by atoms with van der Waals surface area (Å²) in [4.78, 5) is 0. The Morgan fingerprint density at radius 3 is 2.60 bits per heavy atom. The molecule has 3 heteroatoms. The van der Waals surface area contributed by atoms with Crippen LogP contribution in [0.2, 0.25) is 0 Å². The summed E-state index contributed by atoms with van der Waals surface area (Å²) < 4.78 is 5.80. The highest BCUT2D eigenvalue weighted by atomic mass is 16.5. The van der Waals surface area contributed by atoms with Gasteiger partial charge in [0.2, 0.25) is 0 Å². The number of nitrogens with one attached hydrogen (secondary N) is 1. The maximum atomic E-state index is 9.27. The molecular formula is C17H26N2O. The van der Waals surface area contributed by atoms with Crippen molar-refractivity contribution >= 4 is 0 Å². The van der Waals surface area contributed by atoms with E-state index < -0.39 is 5.54 Å². The van der Waals surface area contributed by atoms with Gasteiger partial charge in [0.1, 0.15) is 11.3 Å². The summed E-state index contributed by atoms with van der Waals surface area (Å²) in [7, 11) is 0. The molecule has 110 valence electrons. The van der Waals surface area contributed by atoms with Gasteiger partial charge in [-0.25, -0.2) is 0 Å². The Morgan fingerprint density at radius 1 is 1.35 bits per heavy atom. The number of ether oxygens (including phenoxy) is 1. The van der Waals surface area contributed by atoms with Gasteiger partial charge in [-0.3, -0.25) is 5.32 Å². The van der Waals surface area contributed by atoms with E-state index in [-0.39, 0.29) is 0 Å². The summed E-state index contributed by atoms with van der Waals surface area (Å²) in [5, 5.41) is 12.6. The van der Waals surface area contributed by atoms with E-state index in [4.69, 9.17) is 4.74 Å². The minimum absolute atomic E-state index is 0.305. The van der Waals surface area contributed by atoms with Gasteiger partial charge in [0, 0.05) is 6.04 Å². The largest absolute Gasteiger partial charge is 0.493 e. The van der Waals surface area contributed by atoms with Crippen molar-refractivity contribution in [2.45, 2.75) is 59.0 Å². The molecule has 0 aliphatic carbocycles. The zero-order chi connectivity index (χ0) is 15.2. The fourth-order valence-electron chi connectivity index (χ4n) is 2.37. The Kier molecular flexibility index (Phi) is 6.04. The third-order valence-corrected chi connectivity index (χ3v) is 3.26. The van der Waals surface area contributed by atoms with Crippen LogP contribution in [0.5, 0.6) is 5.75 Å². The molecular weight excluding hydrogens is 248 g/mol. The van der Waals surface area contributed by atoms with E-state index in [9.17, 15) is 5.26 Å². The van der Waals surface area contributed by atoms with Crippen molar-refractivity contribution in [1.29, 1.82) is 5.26 Å². The summed E-state index contributed by atoms with van der Waals surface area (Å²) in [5.74, 6) is 0.936. The first-order chi connectivity index (χ1) is 9.36. The van der Waals surface area contributed by atoms with Crippen molar-refractivity contribution in [3.63, 3.8) is 0 Å². The smallest absolute Gasteiger partial charge is 0.122 e. The highest BCUT2D eigenvalue weighted by Gasteiger charge is 2.23. The SMILES string of the molecule is Cc1ccc(OCCCC(C)(C#N)NC(C)C)c(C)c1. The molecule has 1 aromatic carbocycles. The lowest BCUT2D eigenvalue weighted by molar-refractivity contribution is 0.278. The summed E-state index contributed by atoms with van der Waals surface area (Å²) in [6, 6.07) is 8.86. The van der Waals surface area contributed by atoms with Crippen LogP contribution in [-0.2, 0) is 0 Å². The van der Waals surface area contributed by atoms with E-state index in [0.29, 0.717) is 12.6 Å². The van der Waals surface area contributed by atoms with E-state index in [1.807, 2.05) is 13.0 Å². The first-order valence-electron chi connectivity index (χ1n) is 7.25. The van der Waals surface area contributed by atoms with Gasteiger partial charge in [-0.15, -0.1) is 0 Å². The topological polar surface area (TPSA) is 45.0 Å². The molecule has 0 aliphatic heterocycles. The summed E-state index contributed by atoms with van der Waals surface area (Å²) in [5.41, 5.74) is 1.93. The average molecular weight is 274 g/mol. The van der Waals surface area contributed by atoms with Crippen molar-refractivity contribution in [1.82, 2.24) is 5.32 Å². The number of benzene rings is 1. The molecule has 0 aliphatic rings. The van der Waals surface area contributed by atoms with Crippen LogP contribution in [-0.4, -0.2) is 18.2 Å². The molecule has 0 aromatic heterocycles. The van der Waals surface area contributed by atoms with Crippen LogP contribution in [0.15, 0.2) is 18.2 Å². The molecule has 1 N–H and O–H groups in total. The zero-order valence-corrected chi connectivity index (χ0v) is 13.3. The van der Waals surface area contributed by atoms with Crippen molar-refractivity contribution in [3.8, 4) is 11.8 Å². The van der Waals surface area contributed by atoms with Crippen molar-refractivity contribution in [2.75, 3.05) is 6.61 Å². The number of hydrogen-bond donors (Lipinski definition) is 1. The summed E-state index contributed by atoms with van der Waals surface area (Å²) in [6.45, 7) is 10.8. The second kappa shape index (κ2) is 7.31. The normalized spacial score (nSPS) is 13.8. The van der Waals surface area contributed by atoms with E-state index in [1.54, 1.807) is 0 Å². The molecule has 3 nitrogen and oxygen atoms in total. The Bertz CT molecular complexity index is 476. The van der Waals surface area contributed by atoms with Crippen LogP contribution in [0, 0.1) is 25.2 Å². The molecule has 0 heterocycles. The molecule has 0 bridgehead atoms. The lowest BCUT2D eigenvalue weighted by Gasteiger charge is -2.25. The summed E-state index contributed by atoms with van der Waals surface area (Å²) >= 11 is 0. The molecule has 1 rings (SSSR count). The van der Waals surface area contributed by atoms with E-state index in [2.05, 4.69) is 51.2 Å². The van der Waals surface area contributed by atoms with Crippen molar-refractivity contribution in [3.05, 3.63) is 29.3 Å². The third-order valence-electron chi connectivity index (χ3n) is 3.26. The van der Waals surface area contributed by atoms with E-state index >= 15 is 0 Å². The maximum absolute atomic E-state index is 9.27. The van der Waals surface area contributed by atoms with Crippen LogP contribution in [0.3, 0.4) is 0 Å². The number of nitrogens with zero attached hydrogens (tertiary/aromatic N) is 1. The van der Waals surface area contributed by atoms with Crippen molar-refractivity contribution < 1.29 is 4.74 Å². The van der Waals surface area contributed by atoms with Crippen LogP contribution < -0.4 is 10.1 Å². The number of hydrogen-bond acceptors (Lipinski definition) is 3. The maximum Gasteiger partial charge on any atom is 0.122 e. The van der Waals surface area contributed by atoms with Gasteiger partial charge in [-0.05, 0) is 59.1 Å².